The van der Waals surface area contributed by atoms with Crippen molar-refractivity contribution in [3.63, 3.8) is 0 Å². The van der Waals surface area contributed by atoms with E-state index in [1.807, 2.05) is 51.1 Å². The van der Waals surface area contributed by atoms with E-state index in [1.165, 1.54) is 0 Å². The molecule has 4 heteroatoms. The van der Waals surface area contributed by atoms with Crippen molar-refractivity contribution in [2.45, 2.75) is 33.3 Å². The molecule has 0 saturated carbocycles. The Kier molecular flexibility index (Phi) is 3.90. The molecule has 1 aliphatic rings. The molecule has 1 N–H and O–H groups in total. The van der Waals surface area contributed by atoms with Crippen LogP contribution in [0.2, 0.25) is 0 Å². The van der Waals surface area contributed by atoms with Gasteiger partial charge in [-0.25, -0.2) is 4.79 Å². The van der Waals surface area contributed by atoms with E-state index < -0.39 is 12.1 Å². The van der Waals surface area contributed by atoms with Gasteiger partial charge in [0.1, 0.15) is 0 Å². The van der Waals surface area contributed by atoms with Crippen molar-refractivity contribution in [3.8, 4) is 0 Å². The zero-order chi connectivity index (χ0) is 16.6. The van der Waals surface area contributed by atoms with Gasteiger partial charge in [-0.05, 0) is 55.7 Å². The summed E-state index contributed by atoms with van der Waals surface area (Å²) < 4.78 is 5.30. The molecule has 4 nitrogen and oxygen atoms in total. The number of nitrogens with one attached hydrogen (secondary N) is 1. The van der Waals surface area contributed by atoms with Crippen molar-refractivity contribution in [2.75, 3.05) is 5.32 Å². The van der Waals surface area contributed by atoms with E-state index in [1.54, 1.807) is 6.07 Å². The van der Waals surface area contributed by atoms with Crippen molar-refractivity contribution < 1.29 is 14.3 Å². The maximum absolute atomic E-state index is 12.4. The largest absolute Gasteiger partial charge is 0.448 e. The molecule has 0 radical (unpaired) electrons. The van der Waals surface area contributed by atoms with E-state index >= 15 is 0 Å². The fraction of sp³-hybridized carbons (Fsp3) is 0.263. The lowest BCUT2D eigenvalue weighted by atomic mass is 9.96. The number of ether oxygens (including phenoxy) is 1. The minimum Gasteiger partial charge on any atom is -0.448 e. The first-order valence-corrected chi connectivity index (χ1v) is 7.62. The van der Waals surface area contributed by atoms with E-state index in [9.17, 15) is 9.59 Å². The predicted octanol–water partition coefficient (Wildman–Crippen LogP) is 3.33. The van der Waals surface area contributed by atoms with Gasteiger partial charge in [-0.3, -0.25) is 4.79 Å². The Morgan fingerprint density at radius 3 is 2.43 bits per heavy atom. The number of anilines is 1. The van der Waals surface area contributed by atoms with Crippen LogP contribution in [0.25, 0.3) is 0 Å². The van der Waals surface area contributed by atoms with Crippen LogP contribution < -0.4 is 5.32 Å². The van der Waals surface area contributed by atoms with Crippen LogP contribution in [-0.4, -0.2) is 18.0 Å². The minimum atomic E-state index is -0.794. The molecule has 0 aliphatic carbocycles. The van der Waals surface area contributed by atoms with Gasteiger partial charge in [0.2, 0.25) is 0 Å². The fourth-order valence-corrected chi connectivity index (χ4v) is 2.94. The smallest absolute Gasteiger partial charge is 0.339 e. The van der Waals surface area contributed by atoms with Gasteiger partial charge in [0.15, 0.2) is 6.10 Å². The summed E-state index contributed by atoms with van der Waals surface area (Å²) in [5, 5.41) is 2.84. The monoisotopic (exact) mass is 309 g/mol. The van der Waals surface area contributed by atoms with Crippen molar-refractivity contribution in [3.05, 3.63) is 64.2 Å². The van der Waals surface area contributed by atoms with E-state index in [0.717, 1.165) is 27.9 Å². The van der Waals surface area contributed by atoms with Gasteiger partial charge < -0.3 is 10.1 Å². The van der Waals surface area contributed by atoms with Crippen LogP contribution in [0.5, 0.6) is 0 Å². The highest BCUT2D eigenvalue weighted by Gasteiger charge is 2.31. The quantitative estimate of drug-likeness (QED) is 0.866. The Labute approximate surface area is 135 Å². The Hall–Kier alpha value is -2.62. The van der Waals surface area contributed by atoms with Crippen molar-refractivity contribution in [1.29, 1.82) is 0 Å². The van der Waals surface area contributed by atoms with Crippen LogP contribution in [0.3, 0.4) is 0 Å². The Morgan fingerprint density at radius 1 is 1.04 bits per heavy atom. The van der Waals surface area contributed by atoms with E-state index in [2.05, 4.69) is 5.32 Å². The van der Waals surface area contributed by atoms with Crippen LogP contribution in [0.15, 0.2) is 36.4 Å². The molecule has 0 saturated heterocycles. The molecule has 0 fully saturated rings. The predicted molar refractivity (Wildman–Crippen MR) is 88.6 cm³/mol. The Bertz CT molecular complexity index is 775. The summed E-state index contributed by atoms with van der Waals surface area (Å²) in [6.07, 6.45) is -0.392. The number of esters is 1. The molecule has 1 aliphatic heterocycles. The summed E-state index contributed by atoms with van der Waals surface area (Å²) in [5.41, 5.74) is 5.34. The van der Waals surface area contributed by atoms with Crippen LogP contribution >= 0.6 is 0 Å². The highest BCUT2D eigenvalue weighted by molar-refractivity contribution is 6.00. The Balaban J connectivity index is 1.80. The van der Waals surface area contributed by atoms with Gasteiger partial charge >= 0.3 is 5.97 Å². The molecule has 118 valence electrons. The number of hydrogen-bond acceptors (Lipinski definition) is 3. The topological polar surface area (TPSA) is 55.4 Å². The van der Waals surface area contributed by atoms with Gasteiger partial charge in [-0.1, -0.05) is 23.8 Å². The first kappa shape index (κ1) is 15.3. The second-order valence-corrected chi connectivity index (χ2v) is 6.12. The maximum Gasteiger partial charge on any atom is 0.339 e. The molecule has 2 aromatic carbocycles. The van der Waals surface area contributed by atoms with E-state index in [4.69, 9.17) is 4.74 Å². The van der Waals surface area contributed by atoms with Crippen molar-refractivity contribution in [1.82, 2.24) is 0 Å². The number of benzene rings is 2. The molecule has 23 heavy (non-hydrogen) atoms. The molecule has 0 bridgehead atoms. The standard InChI is InChI=1S/C19H19NO3/c1-11-4-5-16-14(7-11)10-17(23-19(16)22)18(21)20-15-8-12(2)6-13(3)9-15/h4-9,17H,10H2,1-3H3,(H,20,21). The van der Waals surface area contributed by atoms with Gasteiger partial charge in [0.05, 0.1) is 5.56 Å². The lowest BCUT2D eigenvalue weighted by Crippen LogP contribution is -2.38. The third-order valence-electron chi connectivity index (χ3n) is 3.92. The summed E-state index contributed by atoms with van der Waals surface area (Å²) in [6, 6.07) is 11.4. The molecule has 1 atom stereocenters. The average Bonchev–Trinajstić information content (AvgIpc) is 2.45. The fourth-order valence-electron chi connectivity index (χ4n) is 2.94. The second kappa shape index (κ2) is 5.88. The molecule has 2 aromatic rings. The molecular formula is C19H19NO3. The second-order valence-electron chi connectivity index (χ2n) is 6.12. The van der Waals surface area contributed by atoms with Crippen molar-refractivity contribution >= 4 is 17.6 Å². The number of fused-ring (bicyclic) bond motifs is 1. The van der Waals surface area contributed by atoms with Gasteiger partial charge in [0.25, 0.3) is 5.91 Å². The normalized spacial score (nSPS) is 16.5. The highest BCUT2D eigenvalue weighted by atomic mass is 16.5. The van der Waals surface area contributed by atoms with Crippen LogP contribution in [0, 0.1) is 20.8 Å². The van der Waals surface area contributed by atoms with Crippen LogP contribution in [-0.2, 0) is 16.0 Å². The zero-order valence-electron chi connectivity index (χ0n) is 13.5. The first-order valence-electron chi connectivity index (χ1n) is 7.62. The minimum absolute atomic E-state index is 0.296. The number of aryl methyl sites for hydroxylation is 3. The van der Waals surface area contributed by atoms with E-state index in [-0.39, 0.29) is 5.91 Å². The number of hydrogen-bond donors (Lipinski definition) is 1. The molecule has 0 spiro atoms. The lowest BCUT2D eigenvalue weighted by molar-refractivity contribution is -0.125. The summed E-state index contributed by atoms with van der Waals surface area (Å²) in [5.74, 6) is -0.734. The molecule has 1 unspecified atom stereocenters. The molecule has 1 amide bonds. The highest BCUT2D eigenvalue weighted by Crippen LogP contribution is 2.23. The zero-order valence-corrected chi connectivity index (χ0v) is 13.5. The summed E-state index contributed by atoms with van der Waals surface area (Å²) in [4.78, 5) is 24.5. The molecule has 0 aromatic heterocycles. The van der Waals surface area contributed by atoms with Gasteiger partial charge in [-0.2, -0.15) is 0 Å². The number of carbonyl (C=O) groups excluding carboxylic acids is 2. The maximum atomic E-state index is 12.4. The average molecular weight is 309 g/mol. The first-order chi connectivity index (χ1) is 10.9. The number of rotatable bonds is 2. The number of cyclic esters (lactones) is 1. The third kappa shape index (κ3) is 3.26. The molecule has 3 rings (SSSR count). The van der Waals surface area contributed by atoms with Gasteiger partial charge in [-0.15, -0.1) is 0 Å². The lowest BCUT2D eigenvalue weighted by Gasteiger charge is -2.24. The summed E-state index contributed by atoms with van der Waals surface area (Å²) in [7, 11) is 0. The number of carbonyl (C=O) groups is 2. The Morgan fingerprint density at radius 2 is 1.74 bits per heavy atom. The van der Waals surface area contributed by atoms with Crippen LogP contribution in [0.4, 0.5) is 5.69 Å². The summed E-state index contributed by atoms with van der Waals surface area (Å²) >= 11 is 0. The third-order valence-corrected chi connectivity index (χ3v) is 3.92. The van der Waals surface area contributed by atoms with E-state index in [0.29, 0.717) is 12.0 Å². The number of amides is 1. The molecular weight excluding hydrogens is 290 g/mol. The summed E-state index contributed by atoms with van der Waals surface area (Å²) in [6.45, 7) is 5.91. The molecule has 1 heterocycles. The SMILES string of the molecule is Cc1cc(C)cc(NC(=O)C2Cc3cc(C)ccc3C(=O)O2)c1. The van der Waals surface area contributed by atoms with Crippen molar-refractivity contribution in [2.24, 2.45) is 0 Å². The van der Waals surface area contributed by atoms with Gasteiger partial charge in [0, 0.05) is 12.1 Å². The van der Waals surface area contributed by atoms with Crippen LogP contribution in [0.1, 0.15) is 32.6 Å².